The normalized spacial score (nSPS) is 14.9. The Morgan fingerprint density at radius 3 is 2.41 bits per heavy atom. The van der Waals surface area contributed by atoms with Crippen molar-refractivity contribution in [2.24, 2.45) is 0 Å². The van der Waals surface area contributed by atoms with Crippen molar-refractivity contribution in [2.45, 2.75) is 19.9 Å². The highest BCUT2D eigenvalue weighted by Crippen LogP contribution is 2.09. The highest BCUT2D eigenvalue weighted by Gasteiger charge is 2.22. The number of nitrogens with zero attached hydrogens (tertiary/aromatic N) is 3. The van der Waals surface area contributed by atoms with Crippen molar-refractivity contribution in [3.8, 4) is 0 Å². The fourth-order valence-corrected chi connectivity index (χ4v) is 2.24. The van der Waals surface area contributed by atoms with Gasteiger partial charge >= 0.3 is 0 Å². The molecule has 2 heterocycles. The molecule has 0 saturated carbocycles. The number of nitrogens with one attached hydrogen (secondary N) is 1. The zero-order valence-corrected chi connectivity index (χ0v) is 12.8. The Labute approximate surface area is 129 Å². The van der Waals surface area contributed by atoms with Crippen LogP contribution in [0.5, 0.6) is 0 Å². The molecule has 1 aromatic rings. The van der Waals surface area contributed by atoms with Crippen LogP contribution >= 0.6 is 0 Å². The van der Waals surface area contributed by atoms with Gasteiger partial charge in [0.15, 0.2) is 0 Å². The molecule has 118 valence electrons. The monoisotopic (exact) mass is 304 g/mol. The van der Waals surface area contributed by atoms with Crippen molar-refractivity contribution in [3.05, 3.63) is 29.6 Å². The summed E-state index contributed by atoms with van der Waals surface area (Å²) in [5.74, 6) is -0.417. The van der Waals surface area contributed by atoms with Gasteiger partial charge < -0.3 is 15.1 Å². The average Bonchev–Trinajstić information content (AvgIpc) is 2.54. The smallest absolute Gasteiger partial charge is 0.255 e. The van der Waals surface area contributed by atoms with Gasteiger partial charge in [0.2, 0.25) is 6.41 Å². The predicted molar refractivity (Wildman–Crippen MR) is 80.4 cm³/mol. The molecular formula is C15H20N4O3. The zero-order chi connectivity index (χ0) is 16.1. The van der Waals surface area contributed by atoms with E-state index in [0.717, 1.165) is 6.41 Å². The van der Waals surface area contributed by atoms with Gasteiger partial charge in [-0.25, -0.2) is 0 Å². The van der Waals surface area contributed by atoms with Crippen molar-refractivity contribution in [2.75, 3.05) is 26.2 Å². The van der Waals surface area contributed by atoms with E-state index in [4.69, 9.17) is 0 Å². The zero-order valence-electron chi connectivity index (χ0n) is 12.8. The Hall–Kier alpha value is -2.44. The molecule has 0 aliphatic carbocycles. The first-order chi connectivity index (χ1) is 10.5. The first-order valence-corrected chi connectivity index (χ1v) is 7.26. The molecule has 7 heteroatoms. The number of hydrogen-bond acceptors (Lipinski definition) is 4. The van der Waals surface area contributed by atoms with Crippen LogP contribution in [-0.2, 0) is 4.79 Å². The molecule has 1 aromatic heterocycles. The van der Waals surface area contributed by atoms with Crippen molar-refractivity contribution in [1.29, 1.82) is 0 Å². The maximum absolute atomic E-state index is 12.4. The van der Waals surface area contributed by atoms with Gasteiger partial charge in [-0.2, -0.15) is 0 Å². The number of rotatable bonds is 4. The Balaban J connectivity index is 2.07. The average molecular weight is 304 g/mol. The van der Waals surface area contributed by atoms with Crippen LogP contribution in [0.4, 0.5) is 0 Å². The number of piperazine rings is 1. The number of amides is 3. The second kappa shape index (κ2) is 7.02. The van der Waals surface area contributed by atoms with E-state index >= 15 is 0 Å². The molecule has 1 saturated heterocycles. The molecular weight excluding hydrogens is 284 g/mol. The lowest BCUT2D eigenvalue weighted by Crippen LogP contribution is -2.48. The van der Waals surface area contributed by atoms with Crippen molar-refractivity contribution in [1.82, 2.24) is 20.1 Å². The summed E-state index contributed by atoms with van der Waals surface area (Å²) in [4.78, 5) is 42.4. The Kier molecular flexibility index (Phi) is 5.08. The van der Waals surface area contributed by atoms with E-state index < -0.39 is 0 Å². The molecule has 2 rings (SSSR count). The summed E-state index contributed by atoms with van der Waals surface area (Å²) < 4.78 is 0. The topological polar surface area (TPSA) is 82.6 Å². The van der Waals surface area contributed by atoms with E-state index in [2.05, 4.69) is 10.3 Å². The minimum atomic E-state index is -0.247. The van der Waals surface area contributed by atoms with Crippen molar-refractivity contribution < 1.29 is 14.4 Å². The highest BCUT2D eigenvalue weighted by molar-refractivity contribution is 5.99. The molecule has 3 amide bonds. The molecule has 0 atom stereocenters. The van der Waals surface area contributed by atoms with Crippen molar-refractivity contribution in [3.63, 3.8) is 0 Å². The summed E-state index contributed by atoms with van der Waals surface area (Å²) in [5.41, 5.74) is 0.752. The summed E-state index contributed by atoms with van der Waals surface area (Å²) in [7, 11) is 0. The van der Waals surface area contributed by atoms with Crippen LogP contribution in [0.2, 0.25) is 0 Å². The van der Waals surface area contributed by atoms with Crippen LogP contribution in [0.1, 0.15) is 34.6 Å². The van der Waals surface area contributed by atoms with Gasteiger partial charge in [-0.3, -0.25) is 19.4 Å². The van der Waals surface area contributed by atoms with Gasteiger partial charge in [0.1, 0.15) is 0 Å². The summed E-state index contributed by atoms with van der Waals surface area (Å²) in [6.45, 7) is 5.76. The van der Waals surface area contributed by atoms with Crippen LogP contribution in [0.3, 0.4) is 0 Å². The summed E-state index contributed by atoms with van der Waals surface area (Å²) in [6.07, 6.45) is 3.69. The van der Waals surface area contributed by atoms with Crippen molar-refractivity contribution >= 4 is 18.2 Å². The molecule has 22 heavy (non-hydrogen) atoms. The van der Waals surface area contributed by atoms with Crippen LogP contribution in [0, 0.1) is 0 Å². The van der Waals surface area contributed by atoms with E-state index in [0.29, 0.717) is 37.3 Å². The second-order valence-corrected chi connectivity index (χ2v) is 5.52. The minimum absolute atomic E-state index is 0.0169. The fraction of sp³-hybridized carbons (Fsp3) is 0.467. The van der Waals surface area contributed by atoms with Gasteiger partial charge in [-0.15, -0.1) is 0 Å². The van der Waals surface area contributed by atoms with Crippen LogP contribution in [0.15, 0.2) is 18.5 Å². The third kappa shape index (κ3) is 3.81. The molecule has 0 unspecified atom stereocenters. The largest absolute Gasteiger partial charge is 0.350 e. The Morgan fingerprint density at radius 1 is 1.18 bits per heavy atom. The molecule has 1 fully saturated rings. The SMILES string of the molecule is CC(C)NC(=O)c1cncc(C(=O)N2CCN(C=O)CC2)c1. The summed E-state index contributed by atoms with van der Waals surface area (Å²) in [5, 5.41) is 2.77. The van der Waals surface area contributed by atoms with Gasteiger partial charge in [0.05, 0.1) is 11.1 Å². The molecule has 7 nitrogen and oxygen atoms in total. The minimum Gasteiger partial charge on any atom is -0.350 e. The van der Waals surface area contributed by atoms with E-state index in [-0.39, 0.29) is 17.9 Å². The predicted octanol–water partition coefficient (Wildman–Crippen LogP) is 0.134. The maximum atomic E-state index is 12.4. The Bertz CT molecular complexity index is 566. The van der Waals surface area contributed by atoms with E-state index in [1.165, 1.54) is 12.4 Å². The highest BCUT2D eigenvalue weighted by atomic mass is 16.2. The Morgan fingerprint density at radius 2 is 1.82 bits per heavy atom. The quantitative estimate of drug-likeness (QED) is 0.802. The van der Waals surface area contributed by atoms with Crippen LogP contribution < -0.4 is 5.32 Å². The van der Waals surface area contributed by atoms with E-state index in [9.17, 15) is 14.4 Å². The second-order valence-electron chi connectivity index (χ2n) is 5.52. The van der Waals surface area contributed by atoms with Gasteiger partial charge in [0, 0.05) is 44.6 Å². The van der Waals surface area contributed by atoms with Crippen LogP contribution in [0.25, 0.3) is 0 Å². The lowest BCUT2D eigenvalue weighted by Gasteiger charge is -2.32. The molecule has 0 bridgehead atoms. The number of carbonyl (C=O) groups is 3. The molecule has 1 aliphatic rings. The standard InChI is InChI=1S/C15H20N4O3/c1-11(2)17-14(21)12-7-13(9-16-8-12)15(22)19-5-3-18(10-20)4-6-19/h7-11H,3-6H2,1-2H3,(H,17,21). The lowest BCUT2D eigenvalue weighted by molar-refractivity contribution is -0.119. The first kappa shape index (κ1) is 15.9. The third-order valence-corrected chi connectivity index (χ3v) is 3.42. The van der Waals surface area contributed by atoms with Gasteiger partial charge in [-0.1, -0.05) is 0 Å². The molecule has 1 N–H and O–H groups in total. The third-order valence-electron chi connectivity index (χ3n) is 3.42. The fourth-order valence-electron chi connectivity index (χ4n) is 2.24. The van der Waals surface area contributed by atoms with E-state index in [1.807, 2.05) is 13.8 Å². The molecule has 0 aromatic carbocycles. The maximum Gasteiger partial charge on any atom is 0.255 e. The summed E-state index contributed by atoms with van der Waals surface area (Å²) in [6, 6.07) is 1.57. The van der Waals surface area contributed by atoms with E-state index in [1.54, 1.807) is 15.9 Å². The number of pyridine rings is 1. The van der Waals surface area contributed by atoms with Gasteiger partial charge in [-0.05, 0) is 19.9 Å². The number of hydrogen-bond donors (Lipinski definition) is 1. The molecule has 0 spiro atoms. The van der Waals surface area contributed by atoms with Crippen LogP contribution in [-0.4, -0.2) is 65.2 Å². The summed E-state index contributed by atoms with van der Waals surface area (Å²) >= 11 is 0. The molecule has 1 aliphatic heterocycles. The lowest BCUT2D eigenvalue weighted by atomic mass is 10.1. The number of aromatic nitrogens is 1. The molecule has 0 radical (unpaired) electrons. The van der Waals surface area contributed by atoms with Gasteiger partial charge in [0.25, 0.3) is 11.8 Å². The first-order valence-electron chi connectivity index (χ1n) is 7.26. The number of carbonyl (C=O) groups excluding carboxylic acids is 3.